The summed E-state index contributed by atoms with van der Waals surface area (Å²) in [6.07, 6.45) is 1.15. The molecule has 2 heterocycles. The fourth-order valence-electron chi connectivity index (χ4n) is 3.27. The van der Waals surface area contributed by atoms with Gasteiger partial charge in [-0.15, -0.1) is 0 Å². The van der Waals surface area contributed by atoms with Gasteiger partial charge in [-0.2, -0.15) is 4.31 Å². The molecule has 1 fully saturated rings. The second-order valence-corrected chi connectivity index (χ2v) is 8.77. The minimum absolute atomic E-state index is 0.240. The standard InChI is InChI=1S/C17H21N3O5S/c1-11(2)20-16(22)13-5-4-12(10-14(13)17(20)23)15(21)18-6-8-19(9-7-18)26(3,24)25/h4-5,10-11H,6-9H2,1-3H3. The zero-order chi connectivity index (χ0) is 19.2. The Balaban J connectivity index is 1.80. The van der Waals surface area contributed by atoms with Crippen LogP contribution < -0.4 is 0 Å². The smallest absolute Gasteiger partial charge is 0.261 e. The van der Waals surface area contributed by atoms with Gasteiger partial charge in [-0.05, 0) is 32.0 Å². The monoisotopic (exact) mass is 379 g/mol. The van der Waals surface area contributed by atoms with Gasteiger partial charge in [0.2, 0.25) is 10.0 Å². The van der Waals surface area contributed by atoms with Crippen molar-refractivity contribution < 1.29 is 22.8 Å². The molecule has 0 N–H and O–H groups in total. The Labute approximate surface area is 152 Å². The first-order chi connectivity index (χ1) is 12.1. The highest BCUT2D eigenvalue weighted by Crippen LogP contribution is 2.26. The molecular formula is C17H21N3O5S. The van der Waals surface area contributed by atoms with E-state index in [-0.39, 0.29) is 49.6 Å². The van der Waals surface area contributed by atoms with Crippen molar-refractivity contribution in [2.75, 3.05) is 32.4 Å². The van der Waals surface area contributed by atoms with Crippen molar-refractivity contribution in [1.29, 1.82) is 0 Å². The number of carbonyl (C=O) groups is 3. The maximum absolute atomic E-state index is 12.7. The van der Waals surface area contributed by atoms with Crippen LogP contribution in [-0.2, 0) is 10.0 Å². The Morgan fingerprint density at radius 2 is 1.58 bits per heavy atom. The van der Waals surface area contributed by atoms with E-state index in [2.05, 4.69) is 0 Å². The summed E-state index contributed by atoms with van der Waals surface area (Å²) in [7, 11) is -3.27. The predicted molar refractivity (Wildman–Crippen MR) is 94.4 cm³/mol. The lowest BCUT2D eigenvalue weighted by Gasteiger charge is -2.33. The van der Waals surface area contributed by atoms with Crippen molar-refractivity contribution in [2.45, 2.75) is 19.9 Å². The van der Waals surface area contributed by atoms with Crippen molar-refractivity contribution >= 4 is 27.7 Å². The molecule has 0 unspecified atom stereocenters. The van der Waals surface area contributed by atoms with Gasteiger partial charge in [0, 0.05) is 37.8 Å². The summed E-state index contributed by atoms with van der Waals surface area (Å²) in [5.41, 5.74) is 0.870. The Hall–Kier alpha value is -2.26. The lowest BCUT2D eigenvalue weighted by molar-refractivity contribution is 0.0608. The average molecular weight is 379 g/mol. The summed E-state index contributed by atoms with van der Waals surface area (Å²) in [5.74, 6) is -1.01. The quantitative estimate of drug-likeness (QED) is 0.709. The van der Waals surface area contributed by atoms with Crippen LogP contribution in [0, 0.1) is 0 Å². The lowest BCUT2D eigenvalue weighted by atomic mass is 10.0. The van der Waals surface area contributed by atoms with E-state index in [1.165, 1.54) is 21.3 Å². The highest BCUT2D eigenvalue weighted by atomic mass is 32.2. The number of hydrogen-bond donors (Lipinski definition) is 0. The van der Waals surface area contributed by atoms with Gasteiger partial charge in [-0.25, -0.2) is 8.42 Å². The van der Waals surface area contributed by atoms with Crippen molar-refractivity contribution in [3.05, 3.63) is 34.9 Å². The molecule has 1 saturated heterocycles. The minimum atomic E-state index is -3.27. The van der Waals surface area contributed by atoms with Crippen LogP contribution in [0.25, 0.3) is 0 Å². The number of nitrogens with zero attached hydrogens (tertiary/aromatic N) is 3. The normalized spacial score (nSPS) is 18.6. The number of fused-ring (bicyclic) bond motifs is 1. The Morgan fingerprint density at radius 3 is 2.12 bits per heavy atom. The molecule has 1 aromatic rings. The van der Waals surface area contributed by atoms with Crippen molar-refractivity contribution in [1.82, 2.24) is 14.1 Å². The number of rotatable bonds is 3. The molecule has 0 spiro atoms. The number of sulfonamides is 1. The van der Waals surface area contributed by atoms with E-state index in [4.69, 9.17) is 0 Å². The Morgan fingerprint density at radius 1 is 1.00 bits per heavy atom. The summed E-state index contributed by atoms with van der Waals surface area (Å²) in [6.45, 7) is 4.58. The van der Waals surface area contributed by atoms with E-state index in [0.29, 0.717) is 11.1 Å². The van der Waals surface area contributed by atoms with Crippen LogP contribution in [0.4, 0.5) is 0 Å². The molecule has 0 aliphatic carbocycles. The van der Waals surface area contributed by atoms with Gasteiger partial charge in [0.15, 0.2) is 0 Å². The van der Waals surface area contributed by atoms with Gasteiger partial charge in [0.25, 0.3) is 17.7 Å². The molecule has 26 heavy (non-hydrogen) atoms. The van der Waals surface area contributed by atoms with E-state index in [1.54, 1.807) is 24.8 Å². The van der Waals surface area contributed by atoms with Gasteiger partial charge in [-0.1, -0.05) is 0 Å². The third-order valence-corrected chi connectivity index (χ3v) is 5.98. The number of piperazine rings is 1. The van der Waals surface area contributed by atoms with E-state index in [0.717, 1.165) is 6.26 Å². The van der Waals surface area contributed by atoms with Crippen LogP contribution in [0.2, 0.25) is 0 Å². The molecule has 0 saturated carbocycles. The van der Waals surface area contributed by atoms with Crippen molar-refractivity contribution in [3.8, 4) is 0 Å². The topological polar surface area (TPSA) is 95.1 Å². The minimum Gasteiger partial charge on any atom is -0.336 e. The van der Waals surface area contributed by atoms with Crippen LogP contribution in [0.1, 0.15) is 44.9 Å². The Kier molecular flexibility index (Phi) is 4.61. The second kappa shape index (κ2) is 6.48. The molecule has 1 aromatic carbocycles. The summed E-state index contributed by atoms with van der Waals surface area (Å²) in [6, 6.07) is 4.26. The number of hydrogen-bond acceptors (Lipinski definition) is 5. The second-order valence-electron chi connectivity index (χ2n) is 6.79. The first kappa shape index (κ1) is 18.5. The maximum atomic E-state index is 12.7. The summed E-state index contributed by atoms with van der Waals surface area (Å²) in [5, 5.41) is 0. The number of carbonyl (C=O) groups excluding carboxylic acids is 3. The summed E-state index contributed by atoms with van der Waals surface area (Å²) < 4.78 is 24.5. The van der Waals surface area contributed by atoms with Gasteiger partial charge in [0.1, 0.15) is 0 Å². The first-order valence-electron chi connectivity index (χ1n) is 8.37. The van der Waals surface area contributed by atoms with E-state index < -0.39 is 15.9 Å². The lowest BCUT2D eigenvalue weighted by Crippen LogP contribution is -2.50. The highest BCUT2D eigenvalue weighted by Gasteiger charge is 2.38. The van der Waals surface area contributed by atoms with E-state index >= 15 is 0 Å². The molecule has 3 amide bonds. The molecule has 0 aromatic heterocycles. The van der Waals surface area contributed by atoms with Crippen LogP contribution in [0.3, 0.4) is 0 Å². The maximum Gasteiger partial charge on any atom is 0.261 e. The molecule has 140 valence electrons. The van der Waals surface area contributed by atoms with Gasteiger partial charge in [-0.3, -0.25) is 19.3 Å². The zero-order valence-electron chi connectivity index (χ0n) is 14.9. The average Bonchev–Trinajstić information content (AvgIpc) is 2.84. The fourth-order valence-corrected chi connectivity index (χ4v) is 4.09. The predicted octanol–water partition coefficient (Wildman–Crippen LogP) is 0.408. The van der Waals surface area contributed by atoms with E-state index in [9.17, 15) is 22.8 Å². The molecule has 3 rings (SSSR count). The largest absolute Gasteiger partial charge is 0.336 e. The van der Waals surface area contributed by atoms with Crippen LogP contribution in [0.15, 0.2) is 18.2 Å². The Bertz CT molecular complexity index is 886. The number of benzene rings is 1. The molecular weight excluding hydrogens is 358 g/mol. The van der Waals surface area contributed by atoms with Gasteiger partial charge < -0.3 is 4.90 Å². The van der Waals surface area contributed by atoms with Crippen LogP contribution >= 0.6 is 0 Å². The third-order valence-electron chi connectivity index (χ3n) is 4.68. The molecule has 0 atom stereocenters. The summed E-state index contributed by atoms with van der Waals surface area (Å²) in [4.78, 5) is 40.2. The van der Waals surface area contributed by atoms with Crippen molar-refractivity contribution in [3.63, 3.8) is 0 Å². The number of amides is 3. The molecule has 9 heteroatoms. The van der Waals surface area contributed by atoms with E-state index in [1.807, 2.05) is 0 Å². The fraction of sp³-hybridized carbons (Fsp3) is 0.471. The zero-order valence-corrected chi connectivity index (χ0v) is 15.7. The molecule has 2 aliphatic heterocycles. The summed E-state index contributed by atoms with van der Waals surface area (Å²) >= 11 is 0. The number of imide groups is 1. The molecule has 8 nitrogen and oxygen atoms in total. The van der Waals surface area contributed by atoms with Crippen molar-refractivity contribution in [2.24, 2.45) is 0 Å². The molecule has 2 aliphatic rings. The van der Waals surface area contributed by atoms with Crippen LogP contribution in [-0.4, -0.2) is 78.7 Å². The SMILES string of the molecule is CC(C)N1C(=O)c2ccc(C(=O)N3CCN(S(C)(=O)=O)CC3)cc2C1=O. The molecule has 0 radical (unpaired) electrons. The molecule has 0 bridgehead atoms. The first-order valence-corrected chi connectivity index (χ1v) is 10.2. The third kappa shape index (κ3) is 3.12. The van der Waals surface area contributed by atoms with Crippen LogP contribution in [0.5, 0.6) is 0 Å². The van der Waals surface area contributed by atoms with Gasteiger partial charge in [0.05, 0.1) is 17.4 Å². The van der Waals surface area contributed by atoms with Gasteiger partial charge >= 0.3 is 0 Å². The highest BCUT2D eigenvalue weighted by molar-refractivity contribution is 7.88.